The highest BCUT2D eigenvalue weighted by molar-refractivity contribution is 5.94. The number of amides is 1. The molecule has 1 fully saturated rings. The van der Waals surface area contributed by atoms with Crippen molar-refractivity contribution in [1.29, 1.82) is 0 Å². The van der Waals surface area contributed by atoms with E-state index >= 15 is 0 Å². The minimum Gasteiger partial charge on any atom is -0.376 e. The maximum Gasteiger partial charge on any atom is 0.255 e. The van der Waals surface area contributed by atoms with Crippen LogP contribution in [0.15, 0.2) is 48.8 Å². The van der Waals surface area contributed by atoms with Crippen LogP contribution in [0.1, 0.15) is 29.6 Å². The highest BCUT2D eigenvalue weighted by atomic mass is 19.1. The molecule has 140 valence electrons. The van der Waals surface area contributed by atoms with Crippen molar-refractivity contribution >= 4 is 11.6 Å². The van der Waals surface area contributed by atoms with Gasteiger partial charge in [-0.15, -0.1) is 0 Å². The van der Waals surface area contributed by atoms with E-state index in [-0.39, 0.29) is 17.8 Å². The Bertz CT molecular complexity index is 946. The zero-order chi connectivity index (χ0) is 18.8. The Morgan fingerprint density at radius 1 is 1.22 bits per heavy atom. The van der Waals surface area contributed by atoms with Gasteiger partial charge in [-0.2, -0.15) is 0 Å². The molecule has 6 heteroatoms. The summed E-state index contributed by atoms with van der Waals surface area (Å²) in [4.78, 5) is 19.0. The molecule has 1 aromatic carbocycles. The maximum absolute atomic E-state index is 13.1. The van der Waals surface area contributed by atoms with Crippen LogP contribution < -0.4 is 0 Å². The largest absolute Gasteiger partial charge is 0.376 e. The molecule has 0 spiro atoms. The molecule has 0 radical (unpaired) electrons. The molecule has 0 saturated carbocycles. The number of nitrogens with zero attached hydrogens (tertiary/aromatic N) is 3. The normalized spacial score (nSPS) is 17.2. The van der Waals surface area contributed by atoms with Gasteiger partial charge in [-0.1, -0.05) is 0 Å². The molecule has 3 aromatic rings. The molecular weight excluding hydrogens is 345 g/mol. The van der Waals surface area contributed by atoms with E-state index < -0.39 is 0 Å². The molecule has 5 nitrogen and oxygen atoms in total. The Labute approximate surface area is 157 Å². The topological polar surface area (TPSA) is 46.8 Å². The summed E-state index contributed by atoms with van der Waals surface area (Å²) < 4.78 is 20.7. The Hall–Kier alpha value is -2.73. The molecule has 0 N–H and O–H groups in total. The second kappa shape index (κ2) is 7.48. The van der Waals surface area contributed by atoms with Gasteiger partial charge in [0.05, 0.1) is 17.4 Å². The van der Waals surface area contributed by atoms with Crippen molar-refractivity contribution in [1.82, 2.24) is 14.3 Å². The molecule has 1 amide bonds. The Kier molecular flexibility index (Phi) is 4.90. The number of carbonyl (C=O) groups excluding carboxylic acids is 1. The first-order valence-corrected chi connectivity index (χ1v) is 9.22. The van der Waals surface area contributed by atoms with Gasteiger partial charge < -0.3 is 14.0 Å². The summed E-state index contributed by atoms with van der Waals surface area (Å²) in [6.45, 7) is 1.38. The average molecular weight is 367 g/mol. The first-order valence-electron chi connectivity index (χ1n) is 9.22. The lowest BCUT2D eigenvalue weighted by Gasteiger charge is -2.27. The van der Waals surface area contributed by atoms with Crippen LogP contribution in [-0.2, 0) is 4.74 Å². The number of halogens is 1. The second-order valence-electron chi connectivity index (χ2n) is 6.99. The summed E-state index contributed by atoms with van der Waals surface area (Å²) in [5, 5.41) is 0. The minimum absolute atomic E-state index is 0.0388. The standard InChI is InChI=1S/C21H22FN3O2/c1-24(13-18-4-2-3-11-27-18)21(26)16-7-10-20-23-19(14-25(20)12-16)15-5-8-17(22)9-6-15/h5-10,12,14,18H,2-4,11,13H2,1H3/t18-/m0/s1. The summed E-state index contributed by atoms with van der Waals surface area (Å²) >= 11 is 0. The lowest BCUT2D eigenvalue weighted by molar-refractivity contribution is -0.000196. The van der Waals surface area contributed by atoms with Gasteiger partial charge >= 0.3 is 0 Å². The summed E-state index contributed by atoms with van der Waals surface area (Å²) in [6.07, 6.45) is 7.01. The molecule has 1 saturated heterocycles. The van der Waals surface area contributed by atoms with E-state index in [9.17, 15) is 9.18 Å². The number of benzene rings is 1. The Morgan fingerprint density at radius 3 is 2.78 bits per heavy atom. The zero-order valence-corrected chi connectivity index (χ0v) is 15.3. The highest BCUT2D eigenvalue weighted by Crippen LogP contribution is 2.20. The predicted octanol–water partition coefficient (Wildman–Crippen LogP) is 3.78. The van der Waals surface area contributed by atoms with Gasteiger partial charge in [-0.25, -0.2) is 9.37 Å². The van der Waals surface area contributed by atoms with Crippen molar-refractivity contribution in [2.45, 2.75) is 25.4 Å². The number of hydrogen-bond acceptors (Lipinski definition) is 3. The van der Waals surface area contributed by atoms with Gasteiger partial charge in [0.2, 0.25) is 0 Å². The maximum atomic E-state index is 13.1. The Morgan fingerprint density at radius 2 is 2.04 bits per heavy atom. The van der Waals surface area contributed by atoms with E-state index in [1.165, 1.54) is 12.1 Å². The van der Waals surface area contributed by atoms with Crippen molar-refractivity contribution in [2.24, 2.45) is 0 Å². The first kappa shape index (κ1) is 17.7. The van der Waals surface area contributed by atoms with Crippen LogP contribution in [0.3, 0.4) is 0 Å². The van der Waals surface area contributed by atoms with E-state index in [1.807, 2.05) is 23.7 Å². The van der Waals surface area contributed by atoms with Gasteiger partial charge in [0, 0.05) is 38.2 Å². The minimum atomic E-state index is -0.277. The first-order chi connectivity index (χ1) is 13.1. The van der Waals surface area contributed by atoms with Crippen LogP contribution in [0, 0.1) is 5.82 Å². The van der Waals surface area contributed by atoms with Crippen molar-refractivity contribution in [3.63, 3.8) is 0 Å². The molecule has 0 unspecified atom stereocenters. The van der Waals surface area contributed by atoms with Crippen molar-refractivity contribution in [2.75, 3.05) is 20.2 Å². The van der Waals surface area contributed by atoms with Crippen LogP contribution >= 0.6 is 0 Å². The number of aromatic nitrogens is 2. The molecule has 3 heterocycles. The number of likely N-dealkylation sites (N-methyl/N-ethyl adjacent to an activating group) is 1. The molecule has 4 rings (SSSR count). The van der Waals surface area contributed by atoms with Crippen molar-refractivity contribution < 1.29 is 13.9 Å². The van der Waals surface area contributed by atoms with Gasteiger partial charge in [0.15, 0.2) is 0 Å². The summed E-state index contributed by atoms with van der Waals surface area (Å²) in [5.74, 6) is -0.316. The fraction of sp³-hybridized carbons (Fsp3) is 0.333. The molecule has 0 aliphatic carbocycles. The van der Waals surface area contributed by atoms with E-state index in [1.54, 1.807) is 29.3 Å². The second-order valence-corrected chi connectivity index (χ2v) is 6.99. The van der Waals surface area contributed by atoms with Gasteiger partial charge in [-0.05, 0) is 55.7 Å². The number of fused-ring (bicyclic) bond motifs is 1. The molecule has 1 atom stereocenters. The van der Waals surface area contributed by atoms with Crippen molar-refractivity contribution in [3.8, 4) is 11.3 Å². The van der Waals surface area contributed by atoms with Crippen LogP contribution in [0.2, 0.25) is 0 Å². The number of hydrogen-bond donors (Lipinski definition) is 0. The van der Waals surface area contributed by atoms with E-state index in [4.69, 9.17) is 4.74 Å². The smallest absolute Gasteiger partial charge is 0.255 e. The summed E-state index contributed by atoms with van der Waals surface area (Å²) in [6, 6.07) is 9.83. The van der Waals surface area contributed by atoms with Crippen LogP contribution in [-0.4, -0.2) is 46.5 Å². The third kappa shape index (κ3) is 3.85. The Balaban J connectivity index is 1.53. The lowest BCUT2D eigenvalue weighted by atomic mass is 10.1. The van der Waals surface area contributed by atoms with Gasteiger partial charge in [0.1, 0.15) is 11.5 Å². The third-order valence-electron chi connectivity index (χ3n) is 4.94. The van der Waals surface area contributed by atoms with Crippen LogP contribution in [0.5, 0.6) is 0 Å². The number of rotatable bonds is 4. The lowest BCUT2D eigenvalue weighted by Crippen LogP contribution is -2.37. The monoisotopic (exact) mass is 367 g/mol. The molecule has 27 heavy (non-hydrogen) atoms. The van der Waals surface area contributed by atoms with E-state index in [0.717, 1.165) is 42.8 Å². The zero-order valence-electron chi connectivity index (χ0n) is 15.3. The molecule has 1 aliphatic rings. The molecule has 0 bridgehead atoms. The van der Waals surface area contributed by atoms with Crippen LogP contribution in [0.4, 0.5) is 4.39 Å². The predicted molar refractivity (Wildman–Crippen MR) is 101 cm³/mol. The van der Waals surface area contributed by atoms with Crippen molar-refractivity contribution in [3.05, 3.63) is 60.2 Å². The van der Waals surface area contributed by atoms with Crippen LogP contribution in [0.25, 0.3) is 16.9 Å². The fourth-order valence-corrected chi connectivity index (χ4v) is 3.44. The van der Waals surface area contributed by atoms with E-state index in [0.29, 0.717) is 12.1 Å². The number of pyridine rings is 1. The summed E-state index contributed by atoms with van der Waals surface area (Å²) in [5.41, 5.74) is 2.91. The van der Waals surface area contributed by atoms with Gasteiger partial charge in [-0.3, -0.25) is 4.79 Å². The van der Waals surface area contributed by atoms with E-state index in [2.05, 4.69) is 4.98 Å². The quantitative estimate of drug-likeness (QED) is 0.705. The van der Waals surface area contributed by atoms with Gasteiger partial charge in [0.25, 0.3) is 5.91 Å². The molecule has 1 aliphatic heterocycles. The average Bonchev–Trinajstić information content (AvgIpc) is 3.12. The molecular formula is C21H22FN3O2. The third-order valence-corrected chi connectivity index (χ3v) is 4.94. The summed E-state index contributed by atoms with van der Waals surface area (Å²) in [7, 11) is 1.81. The highest BCUT2D eigenvalue weighted by Gasteiger charge is 2.20. The number of ether oxygens (including phenoxy) is 1. The number of carbonyl (C=O) groups is 1. The fourth-order valence-electron chi connectivity index (χ4n) is 3.44. The number of imidazole rings is 1. The molecule has 2 aromatic heterocycles. The SMILES string of the molecule is CN(C[C@@H]1CCCCO1)C(=O)c1ccc2nc(-c3ccc(F)cc3)cn2c1.